The Morgan fingerprint density at radius 3 is 2.62 bits per heavy atom. The molecule has 0 bridgehead atoms. The molecule has 1 saturated carbocycles. The van der Waals surface area contributed by atoms with Crippen LogP contribution in [0.1, 0.15) is 38.4 Å². The first kappa shape index (κ1) is 22.4. The predicted molar refractivity (Wildman–Crippen MR) is 131 cm³/mol. The number of fused-ring (bicyclic) bond motifs is 1. The number of nitrogens with zero attached hydrogens (tertiary/aromatic N) is 2. The highest BCUT2D eigenvalue weighted by Crippen LogP contribution is 2.45. The zero-order chi connectivity index (χ0) is 23.9. The third kappa shape index (κ3) is 4.50. The number of nitrogens with one attached hydrogen (secondary N) is 1. The van der Waals surface area contributed by atoms with Crippen molar-refractivity contribution in [3.63, 3.8) is 0 Å². The fourth-order valence-corrected chi connectivity index (χ4v) is 4.23. The van der Waals surface area contributed by atoms with Gasteiger partial charge in [-0.3, -0.25) is 4.79 Å². The third-order valence-corrected chi connectivity index (χ3v) is 6.65. The number of rotatable bonds is 7. The van der Waals surface area contributed by atoms with Gasteiger partial charge < -0.3 is 10.1 Å². The van der Waals surface area contributed by atoms with Gasteiger partial charge in [0.2, 0.25) is 5.91 Å². The number of halogens is 2. The molecule has 1 N–H and O–H groups in total. The van der Waals surface area contributed by atoms with Crippen LogP contribution in [-0.2, 0) is 4.79 Å². The van der Waals surface area contributed by atoms with E-state index >= 15 is 0 Å². The lowest BCUT2D eigenvalue weighted by atomic mass is 10.0. The molecule has 5 nitrogen and oxygen atoms in total. The van der Waals surface area contributed by atoms with Crippen molar-refractivity contribution in [2.24, 2.45) is 5.41 Å². The van der Waals surface area contributed by atoms with Crippen LogP contribution in [0.2, 0.25) is 5.02 Å². The van der Waals surface area contributed by atoms with Crippen molar-refractivity contribution in [2.45, 2.75) is 38.8 Å². The van der Waals surface area contributed by atoms with Gasteiger partial charge in [0.05, 0.1) is 23.4 Å². The lowest BCUT2D eigenvalue weighted by Crippen LogP contribution is -2.42. The minimum Gasteiger partial charge on any atom is -0.484 e. The Balaban J connectivity index is 1.43. The third-order valence-electron chi connectivity index (χ3n) is 6.41. The first-order valence-electron chi connectivity index (χ1n) is 11.3. The minimum atomic E-state index is -0.436. The molecule has 7 heteroatoms. The van der Waals surface area contributed by atoms with Crippen LogP contribution in [0, 0.1) is 11.2 Å². The van der Waals surface area contributed by atoms with Crippen LogP contribution in [0.4, 0.5) is 4.39 Å². The maximum absolute atomic E-state index is 13.3. The molecule has 0 radical (unpaired) electrons. The monoisotopic (exact) mass is 477 g/mol. The summed E-state index contributed by atoms with van der Waals surface area (Å²) in [7, 11) is 0. The topological polar surface area (TPSA) is 56.1 Å². The molecule has 0 spiro atoms. The van der Waals surface area contributed by atoms with Crippen molar-refractivity contribution < 1.29 is 13.9 Å². The van der Waals surface area contributed by atoms with E-state index in [-0.39, 0.29) is 23.2 Å². The number of carbonyl (C=O) groups excluding carboxylic acids is 1. The molecule has 174 valence electrons. The van der Waals surface area contributed by atoms with Gasteiger partial charge in [-0.25, -0.2) is 9.07 Å². The molecule has 4 aromatic rings. The van der Waals surface area contributed by atoms with E-state index in [1.54, 1.807) is 23.0 Å². The molecule has 1 heterocycles. The van der Waals surface area contributed by atoms with Gasteiger partial charge in [0.1, 0.15) is 17.7 Å². The summed E-state index contributed by atoms with van der Waals surface area (Å²) in [5.41, 5.74) is 2.25. The van der Waals surface area contributed by atoms with E-state index < -0.39 is 6.10 Å². The number of carbonyl (C=O) groups is 1. The molecule has 0 aliphatic heterocycles. The molecule has 2 unspecified atom stereocenters. The molecule has 1 amide bonds. The number of hydrogen-bond donors (Lipinski definition) is 1. The van der Waals surface area contributed by atoms with Crippen molar-refractivity contribution in [3.05, 3.63) is 89.3 Å². The van der Waals surface area contributed by atoms with Gasteiger partial charge in [0.25, 0.3) is 0 Å². The highest BCUT2D eigenvalue weighted by molar-refractivity contribution is 6.30. The molecule has 34 heavy (non-hydrogen) atoms. The van der Waals surface area contributed by atoms with Crippen LogP contribution in [0.15, 0.2) is 72.9 Å². The second-order valence-corrected chi connectivity index (χ2v) is 9.61. The van der Waals surface area contributed by atoms with Crippen molar-refractivity contribution in [1.29, 1.82) is 0 Å². The lowest BCUT2D eigenvalue weighted by molar-refractivity contribution is -0.127. The van der Waals surface area contributed by atoms with Gasteiger partial charge in [-0.1, -0.05) is 30.7 Å². The van der Waals surface area contributed by atoms with E-state index in [0.717, 1.165) is 35.0 Å². The quantitative estimate of drug-likeness (QED) is 0.342. The van der Waals surface area contributed by atoms with Crippen LogP contribution in [0.3, 0.4) is 0 Å². The maximum Gasteiger partial charge on any atom is 0.226 e. The SMILES string of the molecule is CC(NC(=O)C1(C)CC1)C(Oc1ccc2c(cnn2-c2ccc(F)cc2)c1)c1cccc(Cl)c1. The first-order valence-corrected chi connectivity index (χ1v) is 11.7. The summed E-state index contributed by atoms with van der Waals surface area (Å²) >= 11 is 6.26. The van der Waals surface area contributed by atoms with Gasteiger partial charge in [-0.15, -0.1) is 0 Å². The fraction of sp³-hybridized carbons (Fsp3) is 0.259. The molecule has 1 aliphatic rings. The molecule has 1 fully saturated rings. The number of amides is 1. The predicted octanol–water partition coefficient (Wildman–Crippen LogP) is 6.24. The van der Waals surface area contributed by atoms with Crippen LogP contribution in [0.25, 0.3) is 16.6 Å². The summed E-state index contributed by atoms with van der Waals surface area (Å²) in [6, 6.07) is 19.1. The minimum absolute atomic E-state index is 0.0478. The van der Waals surface area contributed by atoms with E-state index in [0.29, 0.717) is 10.8 Å². The average molecular weight is 478 g/mol. The van der Waals surface area contributed by atoms with Gasteiger partial charge >= 0.3 is 0 Å². The van der Waals surface area contributed by atoms with Gasteiger partial charge in [0.15, 0.2) is 0 Å². The number of hydrogen-bond acceptors (Lipinski definition) is 3. The summed E-state index contributed by atoms with van der Waals surface area (Å²) in [4.78, 5) is 12.7. The number of ether oxygens (including phenoxy) is 1. The summed E-state index contributed by atoms with van der Waals surface area (Å²) < 4.78 is 21.5. The van der Waals surface area contributed by atoms with Crippen LogP contribution < -0.4 is 10.1 Å². The van der Waals surface area contributed by atoms with E-state index in [2.05, 4.69) is 10.4 Å². The number of aromatic nitrogens is 2. The van der Waals surface area contributed by atoms with Gasteiger partial charge in [-0.2, -0.15) is 5.10 Å². The lowest BCUT2D eigenvalue weighted by Gasteiger charge is -2.27. The van der Waals surface area contributed by atoms with E-state index in [4.69, 9.17) is 16.3 Å². The summed E-state index contributed by atoms with van der Waals surface area (Å²) in [5, 5.41) is 9.08. The van der Waals surface area contributed by atoms with Crippen molar-refractivity contribution >= 4 is 28.4 Å². The van der Waals surface area contributed by atoms with Crippen molar-refractivity contribution in [1.82, 2.24) is 15.1 Å². The molecule has 2 atom stereocenters. The normalized spacial score (nSPS) is 16.1. The highest BCUT2D eigenvalue weighted by atomic mass is 35.5. The average Bonchev–Trinajstić information content (AvgIpc) is 3.44. The fourth-order valence-electron chi connectivity index (χ4n) is 4.03. The maximum atomic E-state index is 13.3. The van der Waals surface area contributed by atoms with Crippen LogP contribution >= 0.6 is 11.6 Å². The Hall–Kier alpha value is -3.38. The van der Waals surface area contributed by atoms with E-state index in [1.165, 1.54) is 12.1 Å². The summed E-state index contributed by atoms with van der Waals surface area (Å²) in [6.07, 6.45) is 3.12. The Morgan fingerprint density at radius 2 is 1.91 bits per heavy atom. The highest BCUT2D eigenvalue weighted by Gasteiger charge is 2.45. The zero-order valence-corrected chi connectivity index (χ0v) is 19.7. The Kier molecular flexibility index (Phi) is 5.78. The molecule has 3 aromatic carbocycles. The molecule has 1 aliphatic carbocycles. The second-order valence-electron chi connectivity index (χ2n) is 9.17. The van der Waals surface area contributed by atoms with E-state index in [9.17, 15) is 9.18 Å². The van der Waals surface area contributed by atoms with E-state index in [1.807, 2.05) is 56.3 Å². The zero-order valence-electron chi connectivity index (χ0n) is 19.0. The van der Waals surface area contributed by atoms with Gasteiger partial charge in [0, 0.05) is 15.8 Å². The largest absolute Gasteiger partial charge is 0.484 e. The summed E-state index contributed by atoms with van der Waals surface area (Å²) in [6.45, 7) is 3.93. The standard InChI is InChI=1S/C27H25ClFN3O2/c1-17(31-26(33)27(2)12-13-27)25(18-4-3-5-20(28)14-18)34-23-10-11-24-19(15-23)16-30-32(24)22-8-6-21(29)7-9-22/h3-11,14-17,25H,12-13H2,1-2H3,(H,31,33). The van der Waals surface area contributed by atoms with Gasteiger partial charge in [-0.05, 0) is 79.9 Å². The molecule has 5 rings (SSSR count). The molecular weight excluding hydrogens is 453 g/mol. The number of benzene rings is 3. The Labute approximate surface area is 202 Å². The Bertz CT molecular complexity index is 1350. The van der Waals surface area contributed by atoms with Crippen LogP contribution in [-0.4, -0.2) is 21.7 Å². The summed E-state index contributed by atoms with van der Waals surface area (Å²) in [5.74, 6) is 0.404. The molecular formula is C27H25ClFN3O2. The van der Waals surface area contributed by atoms with Crippen molar-refractivity contribution in [3.8, 4) is 11.4 Å². The Morgan fingerprint density at radius 1 is 1.15 bits per heavy atom. The van der Waals surface area contributed by atoms with Crippen molar-refractivity contribution in [2.75, 3.05) is 0 Å². The molecule has 0 saturated heterocycles. The first-order chi connectivity index (χ1) is 16.3. The smallest absolute Gasteiger partial charge is 0.226 e. The molecule has 1 aromatic heterocycles. The second kappa shape index (κ2) is 8.76. The van der Waals surface area contributed by atoms with Crippen LogP contribution in [0.5, 0.6) is 5.75 Å².